The Hall–Kier alpha value is -1.89. The molecule has 7 nitrogen and oxygen atoms in total. The quantitative estimate of drug-likeness (QED) is 0.116. The van der Waals surface area contributed by atoms with Crippen LogP contribution in [0.1, 0.15) is 122 Å². The number of unbranched alkanes of at least 4 members (excludes halogenated alkanes) is 13. The van der Waals surface area contributed by atoms with Gasteiger partial charge in [-0.25, -0.2) is 4.79 Å². The fourth-order valence-corrected chi connectivity index (χ4v) is 4.07. The highest BCUT2D eigenvalue weighted by atomic mass is 16.6. The molecule has 0 aromatic rings. The number of allylic oxidation sites excluding steroid dienone is 2. The van der Waals surface area contributed by atoms with Crippen LogP contribution < -0.4 is 5.32 Å². The van der Waals surface area contributed by atoms with E-state index in [-0.39, 0.29) is 25.1 Å². The number of carbonyl (C=O) groups is 3. The Kier molecular flexibility index (Phi) is 19.0. The molecule has 0 radical (unpaired) electrons. The maximum absolute atomic E-state index is 11.8. The summed E-state index contributed by atoms with van der Waals surface area (Å²) >= 11 is 0. The van der Waals surface area contributed by atoms with Crippen LogP contribution in [0.5, 0.6) is 0 Å². The van der Waals surface area contributed by atoms with Crippen LogP contribution in [0.25, 0.3) is 0 Å². The van der Waals surface area contributed by atoms with Gasteiger partial charge >= 0.3 is 11.9 Å². The van der Waals surface area contributed by atoms with Gasteiger partial charge in [0.25, 0.3) is 0 Å². The number of hydrogen-bond acceptors (Lipinski definition) is 6. The Morgan fingerprint density at radius 2 is 1.43 bits per heavy atom. The first-order chi connectivity index (χ1) is 17.0. The highest BCUT2D eigenvalue weighted by Gasteiger charge is 2.28. The second-order valence-electron chi connectivity index (χ2n) is 9.67. The predicted molar refractivity (Wildman–Crippen MR) is 138 cm³/mol. The van der Waals surface area contributed by atoms with Crippen LogP contribution in [0, 0.1) is 0 Å². The molecule has 0 saturated carbocycles. The molecule has 1 heterocycles. The zero-order chi connectivity index (χ0) is 25.6. The summed E-state index contributed by atoms with van der Waals surface area (Å²) in [5, 5.41) is 12.3. The summed E-state index contributed by atoms with van der Waals surface area (Å²) in [6.45, 7) is 1.80. The van der Waals surface area contributed by atoms with Crippen molar-refractivity contribution in [2.75, 3.05) is 13.2 Å². The van der Waals surface area contributed by atoms with Crippen molar-refractivity contribution >= 4 is 17.8 Å². The summed E-state index contributed by atoms with van der Waals surface area (Å²) in [5.41, 5.74) is 0. The maximum atomic E-state index is 11.8. The topological polar surface area (TPSA) is 102 Å². The van der Waals surface area contributed by atoms with Gasteiger partial charge in [0.05, 0.1) is 0 Å². The van der Waals surface area contributed by atoms with Crippen LogP contribution in [0.15, 0.2) is 12.2 Å². The lowest BCUT2D eigenvalue weighted by Gasteiger charge is -2.14. The van der Waals surface area contributed by atoms with E-state index >= 15 is 0 Å². The Labute approximate surface area is 212 Å². The second kappa shape index (κ2) is 21.4. The Bertz CT molecular complexity index is 606. The SMILES string of the molecule is CCCCCCCCCCC=CCCCCCCCC(=O)OCC(O)COC(=O)C1CCC(=O)N1. The number of aliphatic hydroxyl groups is 1. The van der Waals surface area contributed by atoms with Crippen molar-refractivity contribution < 1.29 is 29.0 Å². The highest BCUT2D eigenvalue weighted by Crippen LogP contribution is 2.12. The lowest BCUT2D eigenvalue weighted by molar-refractivity contribution is -0.154. The van der Waals surface area contributed by atoms with Gasteiger partial charge in [0.1, 0.15) is 25.4 Å². The number of aliphatic hydroxyl groups excluding tert-OH is 1. The number of ether oxygens (including phenoxy) is 2. The van der Waals surface area contributed by atoms with Gasteiger partial charge in [-0.05, 0) is 38.5 Å². The molecule has 2 N–H and O–H groups in total. The molecule has 1 rings (SSSR count). The van der Waals surface area contributed by atoms with Gasteiger partial charge in [0.15, 0.2) is 0 Å². The molecule has 0 aromatic heterocycles. The molecule has 0 bridgehead atoms. The number of amides is 1. The monoisotopic (exact) mass is 495 g/mol. The summed E-state index contributed by atoms with van der Waals surface area (Å²) in [5.74, 6) is -1.09. The van der Waals surface area contributed by atoms with Gasteiger partial charge in [-0.2, -0.15) is 0 Å². The second-order valence-corrected chi connectivity index (χ2v) is 9.67. The van der Waals surface area contributed by atoms with Crippen LogP contribution in [0.2, 0.25) is 0 Å². The van der Waals surface area contributed by atoms with Crippen LogP contribution in [-0.2, 0) is 23.9 Å². The fraction of sp³-hybridized carbons (Fsp3) is 0.821. The molecule has 2 unspecified atom stereocenters. The van der Waals surface area contributed by atoms with Gasteiger partial charge in [-0.1, -0.05) is 83.3 Å². The predicted octanol–water partition coefficient (Wildman–Crippen LogP) is 5.53. The summed E-state index contributed by atoms with van der Waals surface area (Å²) < 4.78 is 10.0. The minimum Gasteiger partial charge on any atom is -0.463 e. The van der Waals surface area contributed by atoms with E-state index < -0.39 is 18.1 Å². The molecule has 202 valence electrons. The smallest absolute Gasteiger partial charge is 0.328 e. The highest BCUT2D eigenvalue weighted by molar-refractivity contribution is 5.88. The zero-order valence-electron chi connectivity index (χ0n) is 21.9. The summed E-state index contributed by atoms with van der Waals surface area (Å²) in [4.78, 5) is 34.7. The lowest BCUT2D eigenvalue weighted by Crippen LogP contribution is -2.36. The summed E-state index contributed by atoms with van der Waals surface area (Å²) in [6, 6.07) is -0.645. The average molecular weight is 496 g/mol. The van der Waals surface area contributed by atoms with Crippen molar-refractivity contribution in [2.24, 2.45) is 0 Å². The van der Waals surface area contributed by atoms with Crippen molar-refractivity contribution in [1.82, 2.24) is 5.32 Å². The van der Waals surface area contributed by atoms with Gasteiger partial charge < -0.3 is 19.9 Å². The van der Waals surface area contributed by atoms with Crippen molar-refractivity contribution in [1.29, 1.82) is 0 Å². The van der Waals surface area contributed by atoms with E-state index in [0.29, 0.717) is 19.3 Å². The zero-order valence-corrected chi connectivity index (χ0v) is 21.9. The number of esters is 2. The molecule has 7 heteroatoms. The van der Waals surface area contributed by atoms with Gasteiger partial charge in [-0.15, -0.1) is 0 Å². The molecule has 0 aliphatic carbocycles. The molecule has 35 heavy (non-hydrogen) atoms. The minimum absolute atomic E-state index is 0.178. The first-order valence-electron chi connectivity index (χ1n) is 14.0. The van der Waals surface area contributed by atoms with E-state index in [0.717, 1.165) is 25.7 Å². The molecule has 0 spiro atoms. The van der Waals surface area contributed by atoms with E-state index in [1.165, 1.54) is 70.6 Å². The fourth-order valence-electron chi connectivity index (χ4n) is 4.07. The van der Waals surface area contributed by atoms with E-state index in [4.69, 9.17) is 9.47 Å². The lowest BCUT2D eigenvalue weighted by atomic mass is 10.1. The third kappa shape index (κ3) is 18.1. The molecule has 1 aliphatic heterocycles. The normalized spacial score (nSPS) is 16.4. The largest absolute Gasteiger partial charge is 0.463 e. The van der Waals surface area contributed by atoms with Crippen molar-refractivity contribution in [3.63, 3.8) is 0 Å². The molecule has 1 saturated heterocycles. The number of carbonyl (C=O) groups excluding carboxylic acids is 3. The third-order valence-electron chi connectivity index (χ3n) is 6.28. The van der Waals surface area contributed by atoms with Crippen molar-refractivity contribution in [3.8, 4) is 0 Å². The maximum Gasteiger partial charge on any atom is 0.328 e. The van der Waals surface area contributed by atoms with Crippen LogP contribution in [0.4, 0.5) is 0 Å². The molecule has 1 fully saturated rings. The summed E-state index contributed by atoms with van der Waals surface area (Å²) in [7, 11) is 0. The van der Waals surface area contributed by atoms with Gasteiger partial charge in [0.2, 0.25) is 5.91 Å². The molecule has 0 aromatic carbocycles. The minimum atomic E-state index is -1.07. The average Bonchev–Trinajstić information content (AvgIpc) is 3.29. The molecule has 1 aliphatic rings. The van der Waals surface area contributed by atoms with Gasteiger partial charge in [-0.3, -0.25) is 9.59 Å². The van der Waals surface area contributed by atoms with Crippen LogP contribution in [-0.4, -0.2) is 48.3 Å². The third-order valence-corrected chi connectivity index (χ3v) is 6.28. The van der Waals surface area contributed by atoms with E-state index in [1.54, 1.807) is 0 Å². The van der Waals surface area contributed by atoms with E-state index in [9.17, 15) is 19.5 Å². The number of rotatable bonds is 22. The number of nitrogens with one attached hydrogen (secondary N) is 1. The van der Waals surface area contributed by atoms with Crippen LogP contribution in [0.3, 0.4) is 0 Å². The molecular formula is C28H49NO6. The van der Waals surface area contributed by atoms with Crippen molar-refractivity contribution in [2.45, 2.75) is 135 Å². The molecule has 1 amide bonds. The first-order valence-corrected chi connectivity index (χ1v) is 14.0. The van der Waals surface area contributed by atoms with E-state index in [2.05, 4.69) is 24.4 Å². The standard InChI is InChI=1S/C28H49NO6/c1-2-3-4-5-6-7-8-9-10-11-12-13-14-15-16-17-18-19-27(32)34-22-24(30)23-35-28(33)25-20-21-26(31)29-25/h11-12,24-25,30H,2-10,13-23H2,1H3,(H,29,31). The Morgan fingerprint density at radius 1 is 0.886 bits per heavy atom. The molecular weight excluding hydrogens is 446 g/mol. The molecule has 2 atom stereocenters. The van der Waals surface area contributed by atoms with E-state index in [1.807, 2.05) is 0 Å². The Morgan fingerprint density at radius 3 is 2.00 bits per heavy atom. The summed E-state index contributed by atoms with van der Waals surface area (Å²) in [6.07, 6.45) is 23.1. The van der Waals surface area contributed by atoms with Gasteiger partial charge in [0, 0.05) is 12.8 Å². The van der Waals surface area contributed by atoms with Crippen molar-refractivity contribution in [3.05, 3.63) is 12.2 Å². The Balaban J connectivity index is 1.84. The number of hydrogen-bond donors (Lipinski definition) is 2. The van der Waals surface area contributed by atoms with Crippen LogP contribution >= 0.6 is 0 Å². The first kappa shape index (κ1) is 31.1.